The molecule has 1 unspecified atom stereocenters. The van der Waals surface area contributed by atoms with E-state index in [4.69, 9.17) is 9.47 Å². The van der Waals surface area contributed by atoms with E-state index in [0.29, 0.717) is 23.5 Å². The first kappa shape index (κ1) is 21.8. The van der Waals surface area contributed by atoms with Gasteiger partial charge in [0.25, 0.3) is 0 Å². The quantitative estimate of drug-likeness (QED) is 0.452. The van der Waals surface area contributed by atoms with Crippen molar-refractivity contribution in [1.29, 1.82) is 0 Å². The molecule has 1 atom stereocenters. The molecule has 1 aliphatic rings. The van der Waals surface area contributed by atoms with Crippen LogP contribution in [-0.4, -0.2) is 18.1 Å². The lowest BCUT2D eigenvalue weighted by atomic mass is 9.86. The molecule has 0 spiro atoms. The van der Waals surface area contributed by atoms with Gasteiger partial charge in [0.05, 0.1) is 7.11 Å². The number of Topliss-reactive ketones (excluding diaryl/α,β-unsaturated/α-hetero) is 1. The van der Waals surface area contributed by atoms with E-state index < -0.39 is 5.23 Å². The SMILES string of the molecule is COc1ccc(C=C2CCc3ccccc3C2=O)cc1COc1ccc([NH+]([O-])O)c(C)c1. The van der Waals surface area contributed by atoms with Crippen LogP contribution >= 0.6 is 0 Å². The molecule has 32 heavy (non-hydrogen) atoms. The van der Waals surface area contributed by atoms with Crippen LogP contribution in [0.15, 0.2) is 66.2 Å². The molecule has 3 aromatic rings. The number of ketones is 1. The molecule has 0 saturated carbocycles. The number of nitrogens with one attached hydrogen (secondary N) is 1. The van der Waals surface area contributed by atoms with E-state index in [0.717, 1.165) is 34.2 Å². The maximum Gasteiger partial charge on any atom is 0.189 e. The molecule has 0 amide bonds. The highest BCUT2D eigenvalue weighted by atomic mass is 16.8. The van der Waals surface area contributed by atoms with Gasteiger partial charge in [-0.15, -0.1) is 0 Å². The van der Waals surface area contributed by atoms with Crippen LogP contribution in [0, 0.1) is 12.1 Å². The van der Waals surface area contributed by atoms with Gasteiger partial charge in [0.2, 0.25) is 0 Å². The summed E-state index contributed by atoms with van der Waals surface area (Å²) >= 11 is 0. The summed E-state index contributed by atoms with van der Waals surface area (Å²) in [4.78, 5) is 12.9. The zero-order valence-electron chi connectivity index (χ0n) is 18.1. The number of ether oxygens (including phenoxy) is 2. The summed E-state index contributed by atoms with van der Waals surface area (Å²) in [6, 6.07) is 18.4. The lowest BCUT2D eigenvalue weighted by Crippen LogP contribution is -2.99. The first-order chi connectivity index (χ1) is 15.5. The standard InChI is InChI=1S/C26H25NO5/c1-17-13-22(10-11-24(17)27(29)30)32-16-21-15-18(7-12-25(21)31-2)14-20-9-8-19-5-3-4-6-23(19)26(20)28/h3-7,10-15,27,29H,8-9,16H2,1-2H3. The fraction of sp³-hybridized carbons (Fsp3) is 0.192. The molecule has 6 heteroatoms. The molecular weight excluding hydrogens is 406 g/mol. The number of hydrogen-bond acceptors (Lipinski definition) is 5. The molecule has 2 N–H and O–H groups in total. The minimum absolute atomic E-state index is 0.0782. The predicted octanol–water partition coefficient (Wildman–Crippen LogP) is 4.20. The van der Waals surface area contributed by atoms with Gasteiger partial charge in [-0.2, -0.15) is 5.23 Å². The number of rotatable bonds is 6. The van der Waals surface area contributed by atoms with Gasteiger partial charge in [0, 0.05) is 28.3 Å². The van der Waals surface area contributed by atoms with Crippen LogP contribution in [-0.2, 0) is 13.0 Å². The first-order valence-electron chi connectivity index (χ1n) is 10.4. The molecule has 164 valence electrons. The van der Waals surface area contributed by atoms with Crippen molar-refractivity contribution in [1.82, 2.24) is 0 Å². The van der Waals surface area contributed by atoms with E-state index in [2.05, 4.69) is 0 Å². The Bertz CT molecular complexity index is 1180. The molecule has 0 heterocycles. The van der Waals surface area contributed by atoms with E-state index in [1.807, 2.05) is 48.5 Å². The van der Waals surface area contributed by atoms with Crippen LogP contribution in [0.1, 0.15) is 39.0 Å². The maximum absolute atomic E-state index is 12.9. The van der Waals surface area contributed by atoms with Crippen LogP contribution < -0.4 is 14.7 Å². The number of fused-ring (bicyclic) bond motifs is 1. The molecule has 0 bridgehead atoms. The van der Waals surface area contributed by atoms with Gasteiger partial charge in [0.15, 0.2) is 11.5 Å². The second kappa shape index (κ2) is 9.36. The van der Waals surface area contributed by atoms with Crippen LogP contribution in [0.4, 0.5) is 5.69 Å². The Balaban J connectivity index is 1.55. The monoisotopic (exact) mass is 431 g/mol. The average Bonchev–Trinajstić information content (AvgIpc) is 2.79. The average molecular weight is 431 g/mol. The van der Waals surface area contributed by atoms with Crippen molar-refractivity contribution in [2.75, 3.05) is 7.11 Å². The Kier molecular flexibility index (Phi) is 6.37. The van der Waals surface area contributed by atoms with E-state index in [1.54, 1.807) is 26.2 Å². The summed E-state index contributed by atoms with van der Waals surface area (Å²) in [5, 5.41) is 19.4. The highest BCUT2D eigenvalue weighted by molar-refractivity contribution is 6.13. The van der Waals surface area contributed by atoms with Crippen LogP contribution in [0.3, 0.4) is 0 Å². The van der Waals surface area contributed by atoms with Crippen molar-refractivity contribution in [3.8, 4) is 11.5 Å². The molecule has 1 aliphatic carbocycles. The third-order valence-electron chi connectivity index (χ3n) is 5.69. The number of quaternary nitrogens is 1. The number of allylic oxidation sites excluding steroid dienone is 1. The number of carbonyl (C=O) groups excluding carboxylic acids is 1. The normalized spacial score (nSPS) is 15.4. The Morgan fingerprint density at radius 1 is 1.09 bits per heavy atom. The second-order valence-corrected chi connectivity index (χ2v) is 7.80. The fourth-order valence-electron chi connectivity index (χ4n) is 3.98. The van der Waals surface area contributed by atoms with Gasteiger partial charge in [-0.3, -0.25) is 4.79 Å². The maximum atomic E-state index is 12.9. The van der Waals surface area contributed by atoms with Crippen LogP contribution in [0.25, 0.3) is 6.08 Å². The van der Waals surface area contributed by atoms with Gasteiger partial charge in [-0.25, -0.2) is 5.21 Å². The van der Waals surface area contributed by atoms with Gasteiger partial charge in [-0.05, 0) is 61.2 Å². The number of hydrogen-bond donors (Lipinski definition) is 2. The fourth-order valence-corrected chi connectivity index (χ4v) is 3.98. The van der Waals surface area contributed by atoms with E-state index >= 15 is 0 Å². The minimum atomic E-state index is -0.962. The van der Waals surface area contributed by atoms with Gasteiger partial charge in [-0.1, -0.05) is 30.3 Å². The Morgan fingerprint density at radius 2 is 1.91 bits per heavy atom. The van der Waals surface area contributed by atoms with Gasteiger partial charge in [0.1, 0.15) is 18.1 Å². The summed E-state index contributed by atoms with van der Waals surface area (Å²) in [6.07, 6.45) is 3.50. The molecule has 6 nitrogen and oxygen atoms in total. The Labute approximate surface area is 186 Å². The van der Waals surface area contributed by atoms with Crippen molar-refractivity contribution in [3.05, 3.63) is 99.3 Å². The second-order valence-electron chi connectivity index (χ2n) is 7.80. The van der Waals surface area contributed by atoms with E-state index in [9.17, 15) is 15.2 Å². The lowest BCUT2D eigenvalue weighted by Gasteiger charge is -2.17. The largest absolute Gasteiger partial charge is 0.595 e. The molecule has 0 aliphatic heterocycles. The highest BCUT2D eigenvalue weighted by Crippen LogP contribution is 2.29. The highest BCUT2D eigenvalue weighted by Gasteiger charge is 2.21. The van der Waals surface area contributed by atoms with E-state index in [-0.39, 0.29) is 18.1 Å². The third-order valence-corrected chi connectivity index (χ3v) is 5.69. The van der Waals surface area contributed by atoms with Gasteiger partial charge < -0.3 is 14.7 Å². The lowest BCUT2D eigenvalue weighted by molar-refractivity contribution is -0.991. The van der Waals surface area contributed by atoms with Crippen molar-refractivity contribution < 1.29 is 24.7 Å². The predicted molar refractivity (Wildman–Crippen MR) is 121 cm³/mol. The third kappa shape index (κ3) is 4.57. The number of benzene rings is 3. The number of carbonyl (C=O) groups is 1. The first-order valence-corrected chi connectivity index (χ1v) is 10.4. The van der Waals surface area contributed by atoms with Crippen molar-refractivity contribution in [2.24, 2.45) is 0 Å². The molecule has 0 saturated heterocycles. The van der Waals surface area contributed by atoms with Crippen LogP contribution in [0.5, 0.6) is 11.5 Å². The zero-order valence-corrected chi connectivity index (χ0v) is 18.1. The Hall–Kier alpha value is -3.45. The smallest absolute Gasteiger partial charge is 0.189 e. The summed E-state index contributed by atoms with van der Waals surface area (Å²) in [6.45, 7) is 1.99. The summed E-state index contributed by atoms with van der Waals surface area (Å²) in [5.41, 5.74) is 5.30. The minimum Gasteiger partial charge on any atom is -0.595 e. The van der Waals surface area contributed by atoms with Crippen molar-refractivity contribution >= 4 is 17.5 Å². The number of aryl methyl sites for hydroxylation is 2. The zero-order chi connectivity index (χ0) is 22.7. The summed E-state index contributed by atoms with van der Waals surface area (Å²) in [7, 11) is 1.60. The Morgan fingerprint density at radius 3 is 2.66 bits per heavy atom. The molecule has 0 aromatic heterocycles. The molecule has 3 aromatic carbocycles. The van der Waals surface area contributed by atoms with Crippen LogP contribution in [0.2, 0.25) is 0 Å². The van der Waals surface area contributed by atoms with Gasteiger partial charge >= 0.3 is 0 Å². The van der Waals surface area contributed by atoms with E-state index in [1.165, 1.54) is 6.07 Å². The summed E-state index contributed by atoms with van der Waals surface area (Å²) in [5.74, 6) is 1.35. The number of methoxy groups -OCH3 is 1. The molecule has 0 fully saturated rings. The van der Waals surface area contributed by atoms with Crippen molar-refractivity contribution in [2.45, 2.75) is 26.4 Å². The topological polar surface area (TPSA) is 83.3 Å². The molecular formula is C26H25NO5. The van der Waals surface area contributed by atoms with Crippen molar-refractivity contribution in [3.63, 3.8) is 0 Å². The molecule has 4 rings (SSSR count). The molecule has 0 radical (unpaired) electrons. The summed E-state index contributed by atoms with van der Waals surface area (Å²) < 4.78 is 11.4.